The van der Waals surface area contributed by atoms with Crippen molar-refractivity contribution in [3.8, 4) is 0 Å². The fraction of sp³-hybridized carbons (Fsp3) is 0.917. The molecule has 1 saturated heterocycles. The maximum atomic E-state index is 11.8. The Morgan fingerprint density at radius 3 is 2.79 bits per heavy atom. The molecule has 2 rings (SSSR count). The van der Waals surface area contributed by atoms with Crippen LogP contribution in [0, 0.1) is 5.92 Å². The van der Waals surface area contributed by atoms with Crippen molar-refractivity contribution >= 4 is 5.78 Å². The minimum Gasteiger partial charge on any atom is -0.299 e. The number of hydrogen-bond acceptors (Lipinski definition) is 2. The number of rotatable bonds is 4. The number of ketones is 1. The van der Waals surface area contributed by atoms with Crippen LogP contribution in [0.1, 0.15) is 45.4 Å². The van der Waals surface area contributed by atoms with E-state index in [2.05, 4.69) is 11.8 Å². The Bertz CT molecular complexity index is 210. The molecular formula is C12H21NO. The van der Waals surface area contributed by atoms with E-state index in [0.717, 1.165) is 19.3 Å². The summed E-state index contributed by atoms with van der Waals surface area (Å²) in [5.74, 6) is 0.924. The van der Waals surface area contributed by atoms with E-state index < -0.39 is 0 Å². The van der Waals surface area contributed by atoms with Crippen molar-refractivity contribution < 1.29 is 4.79 Å². The summed E-state index contributed by atoms with van der Waals surface area (Å²) in [7, 11) is 0. The summed E-state index contributed by atoms with van der Waals surface area (Å²) in [6.07, 6.45) is 6.83. The first-order valence-corrected chi connectivity index (χ1v) is 6.09. The zero-order valence-corrected chi connectivity index (χ0v) is 9.17. The molecular weight excluding hydrogens is 174 g/mol. The maximum absolute atomic E-state index is 11.8. The fourth-order valence-corrected chi connectivity index (χ4v) is 2.74. The molecule has 2 atom stereocenters. The largest absolute Gasteiger partial charge is 0.299 e. The van der Waals surface area contributed by atoms with Gasteiger partial charge in [0.15, 0.2) is 0 Å². The molecule has 80 valence electrons. The number of carbonyl (C=O) groups excluding carboxylic acids is 1. The fourth-order valence-electron chi connectivity index (χ4n) is 2.74. The summed E-state index contributed by atoms with van der Waals surface area (Å²) < 4.78 is 0. The lowest BCUT2D eigenvalue weighted by atomic mass is 9.81. The van der Waals surface area contributed by atoms with Gasteiger partial charge in [0, 0.05) is 31.5 Å². The van der Waals surface area contributed by atoms with Crippen molar-refractivity contribution in [3.05, 3.63) is 0 Å². The van der Waals surface area contributed by atoms with Gasteiger partial charge in [-0.05, 0) is 19.3 Å². The molecule has 1 aliphatic carbocycles. The molecule has 2 unspecified atom stereocenters. The summed E-state index contributed by atoms with van der Waals surface area (Å²) in [6, 6.07) is 0.591. The smallest absolute Gasteiger partial charge is 0.137 e. The highest BCUT2D eigenvalue weighted by atomic mass is 16.1. The lowest BCUT2D eigenvalue weighted by molar-refractivity contribution is -0.126. The minimum absolute atomic E-state index is 0.381. The first-order chi connectivity index (χ1) is 6.83. The van der Waals surface area contributed by atoms with Gasteiger partial charge in [-0.3, -0.25) is 9.69 Å². The normalized spacial score (nSPS) is 30.4. The van der Waals surface area contributed by atoms with Crippen molar-refractivity contribution in [1.82, 2.24) is 4.90 Å². The van der Waals surface area contributed by atoms with Gasteiger partial charge in [-0.15, -0.1) is 0 Å². The monoisotopic (exact) mass is 195 g/mol. The molecule has 0 amide bonds. The summed E-state index contributed by atoms with van der Waals surface area (Å²) in [4.78, 5) is 14.3. The Morgan fingerprint density at radius 2 is 2.21 bits per heavy atom. The molecule has 2 heteroatoms. The molecule has 0 aromatic carbocycles. The second-order valence-corrected chi connectivity index (χ2v) is 4.71. The van der Waals surface area contributed by atoms with E-state index in [-0.39, 0.29) is 0 Å². The Balaban J connectivity index is 1.96. The topological polar surface area (TPSA) is 20.1 Å². The predicted octanol–water partition coefficient (Wildman–Crippen LogP) is 2.23. The van der Waals surface area contributed by atoms with Gasteiger partial charge in [-0.1, -0.05) is 19.8 Å². The van der Waals surface area contributed by atoms with Crippen LogP contribution in [0.3, 0.4) is 0 Å². The van der Waals surface area contributed by atoms with E-state index in [4.69, 9.17) is 0 Å². The Kier molecular flexibility index (Phi) is 3.22. The lowest BCUT2D eigenvalue weighted by Crippen LogP contribution is -2.36. The average Bonchev–Trinajstić information content (AvgIpc) is 2.99. The first-order valence-electron chi connectivity index (χ1n) is 6.09. The van der Waals surface area contributed by atoms with Crippen molar-refractivity contribution in [1.29, 1.82) is 0 Å². The Hall–Kier alpha value is -0.370. The Labute approximate surface area is 86.7 Å². The third-order valence-corrected chi connectivity index (χ3v) is 3.60. The zero-order valence-electron chi connectivity index (χ0n) is 9.17. The van der Waals surface area contributed by atoms with Gasteiger partial charge in [-0.2, -0.15) is 0 Å². The SMILES string of the molecule is CCCC(C1CCCCC1=O)N1CC1. The van der Waals surface area contributed by atoms with Crippen molar-refractivity contribution in [2.24, 2.45) is 5.92 Å². The van der Waals surface area contributed by atoms with Crippen LogP contribution in [0.5, 0.6) is 0 Å². The summed E-state index contributed by atoms with van der Waals surface area (Å²) in [6.45, 7) is 4.69. The third-order valence-electron chi connectivity index (χ3n) is 3.60. The van der Waals surface area contributed by atoms with E-state index >= 15 is 0 Å². The van der Waals surface area contributed by atoms with Gasteiger partial charge >= 0.3 is 0 Å². The van der Waals surface area contributed by atoms with Crippen LogP contribution in [0.2, 0.25) is 0 Å². The van der Waals surface area contributed by atoms with Crippen LogP contribution >= 0.6 is 0 Å². The first kappa shape index (κ1) is 10.2. The van der Waals surface area contributed by atoms with Crippen LogP contribution < -0.4 is 0 Å². The standard InChI is InChI=1S/C12H21NO/c1-2-5-11(13-8-9-13)10-6-3-4-7-12(10)14/h10-11H,2-9H2,1H3. The van der Waals surface area contributed by atoms with Gasteiger partial charge in [-0.25, -0.2) is 0 Å². The summed E-state index contributed by atoms with van der Waals surface area (Å²) >= 11 is 0. The van der Waals surface area contributed by atoms with Crippen LogP contribution in [-0.4, -0.2) is 29.8 Å². The van der Waals surface area contributed by atoms with Gasteiger partial charge in [0.25, 0.3) is 0 Å². The molecule has 2 nitrogen and oxygen atoms in total. The zero-order chi connectivity index (χ0) is 9.97. The van der Waals surface area contributed by atoms with E-state index in [1.807, 2.05) is 0 Å². The van der Waals surface area contributed by atoms with Crippen LogP contribution in [0.15, 0.2) is 0 Å². The second-order valence-electron chi connectivity index (χ2n) is 4.71. The molecule has 0 aromatic rings. The quantitative estimate of drug-likeness (QED) is 0.641. The molecule has 0 N–H and O–H groups in total. The van der Waals surface area contributed by atoms with Crippen LogP contribution in [-0.2, 0) is 4.79 Å². The predicted molar refractivity (Wildman–Crippen MR) is 57.2 cm³/mol. The number of hydrogen-bond donors (Lipinski definition) is 0. The van der Waals surface area contributed by atoms with Gasteiger partial charge < -0.3 is 0 Å². The van der Waals surface area contributed by atoms with Gasteiger partial charge in [0.1, 0.15) is 5.78 Å². The summed E-state index contributed by atoms with van der Waals surface area (Å²) in [5.41, 5.74) is 0. The van der Waals surface area contributed by atoms with Crippen LogP contribution in [0.4, 0.5) is 0 Å². The lowest BCUT2D eigenvalue weighted by Gasteiger charge is -2.29. The second kappa shape index (κ2) is 4.43. The average molecular weight is 195 g/mol. The van der Waals surface area contributed by atoms with Gasteiger partial charge in [0.05, 0.1) is 0 Å². The molecule has 1 heterocycles. The molecule has 0 bridgehead atoms. The molecule has 0 radical (unpaired) electrons. The highest BCUT2D eigenvalue weighted by Crippen LogP contribution is 2.31. The van der Waals surface area contributed by atoms with Crippen molar-refractivity contribution in [2.45, 2.75) is 51.5 Å². The molecule has 2 fully saturated rings. The molecule has 1 saturated carbocycles. The molecule has 1 aliphatic heterocycles. The molecule has 0 spiro atoms. The van der Waals surface area contributed by atoms with E-state index in [9.17, 15) is 4.79 Å². The van der Waals surface area contributed by atoms with Gasteiger partial charge in [0.2, 0.25) is 0 Å². The van der Waals surface area contributed by atoms with E-state index in [0.29, 0.717) is 17.7 Å². The molecule has 2 aliphatic rings. The highest BCUT2D eigenvalue weighted by Gasteiger charge is 2.37. The van der Waals surface area contributed by atoms with E-state index in [1.54, 1.807) is 0 Å². The third kappa shape index (κ3) is 2.17. The maximum Gasteiger partial charge on any atom is 0.137 e. The number of carbonyl (C=O) groups is 1. The number of Topliss-reactive ketones (excluding diaryl/α,β-unsaturated/α-hetero) is 1. The van der Waals surface area contributed by atoms with Crippen LogP contribution in [0.25, 0.3) is 0 Å². The minimum atomic E-state index is 0.381. The summed E-state index contributed by atoms with van der Waals surface area (Å²) in [5, 5.41) is 0. The molecule has 0 aromatic heterocycles. The van der Waals surface area contributed by atoms with Crippen molar-refractivity contribution in [3.63, 3.8) is 0 Å². The van der Waals surface area contributed by atoms with E-state index in [1.165, 1.54) is 32.4 Å². The molecule has 14 heavy (non-hydrogen) atoms. The Morgan fingerprint density at radius 1 is 1.43 bits per heavy atom. The highest BCUT2D eigenvalue weighted by molar-refractivity contribution is 5.82. The number of nitrogens with zero attached hydrogens (tertiary/aromatic N) is 1. The van der Waals surface area contributed by atoms with Crippen molar-refractivity contribution in [2.75, 3.05) is 13.1 Å².